The molecule has 0 fully saturated rings. The molecule has 0 heterocycles. The molecule has 0 amide bonds. The van der Waals surface area contributed by atoms with Crippen LogP contribution in [0.2, 0.25) is 0 Å². The second-order valence-electron chi connectivity index (χ2n) is 4.23. The van der Waals surface area contributed by atoms with Gasteiger partial charge >= 0.3 is 11.4 Å². The number of nitrogen functional groups attached to an aromatic ring is 1. The SMILES string of the molecule is Cc1cccc([N+](=O)[O-])c1Oc1cccc(N)c1[N+](=O)[O-]. The van der Waals surface area contributed by atoms with Crippen LogP contribution in [-0.4, -0.2) is 9.85 Å². The highest BCUT2D eigenvalue weighted by molar-refractivity contribution is 5.67. The van der Waals surface area contributed by atoms with Crippen molar-refractivity contribution in [3.05, 3.63) is 62.2 Å². The molecule has 2 rings (SSSR count). The number of aryl methyl sites for hydroxylation is 1. The van der Waals surface area contributed by atoms with Crippen molar-refractivity contribution in [1.82, 2.24) is 0 Å². The summed E-state index contributed by atoms with van der Waals surface area (Å²) in [4.78, 5) is 20.8. The zero-order valence-corrected chi connectivity index (χ0v) is 11.0. The first-order chi connectivity index (χ1) is 9.91. The Morgan fingerprint density at radius 1 is 1.05 bits per heavy atom. The van der Waals surface area contributed by atoms with Crippen molar-refractivity contribution in [2.75, 3.05) is 5.73 Å². The van der Waals surface area contributed by atoms with Crippen LogP contribution in [0.15, 0.2) is 36.4 Å². The largest absolute Gasteiger partial charge is 0.443 e. The third-order valence-corrected chi connectivity index (χ3v) is 2.81. The number of hydrogen-bond acceptors (Lipinski definition) is 6. The maximum absolute atomic E-state index is 11.0. The number of ether oxygens (including phenoxy) is 1. The van der Waals surface area contributed by atoms with Gasteiger partial charge in [-0.3, -0.25) is 20.2 Å². The van der Waals surface area contributed by atoms with E-state index in [1.165, 1.54) is 30.3 Å². The van der Waals surface area contributed by atoms with Gasteiger partial charge in [0.25, 0.3) is 0 Å². The van der Waals surface area contributed by atoms with Gasteiger partial charge in [0.2, 0.25) is 11.5 Å². The summed E-state index contributed by atoms with van der Waals surface area (Å²) in [6.45, 7) is 1.61. The molecular weight excluding hydrogens is 278 g/mol. The van der Waals surface area contributed by atoms with E-state index < -0.39 is 15.5 Å². The minimum Gasteiger partial charge on any atom is -0.443 e. The molecule has 0 saturated heterocycles. The number of nitrogens with two attached hydrogens (primary N) is 1. The van der Waals surface area contributed by atoms with Crippen LogP contribution in [0.3, 0.4) is 0 Å². The summed E-state index contributed by atoms with van der Waals surface area (Å²) in [6.07, 6.45) is 0. The average Bonchev–Trinajstić information content (AvgIpc) is 2.40. The summed E-state index contributed by atoms with van der Waals surface area (Å²) in [7, 11) is 0. The predicted molar refractivity (Wildman–Crippen MR) is 75.4 cm³/mol. The average molecular weight is 289 g/mol. The first-order valence-electron chi connectivity index (χ1n) is 5.86. The molecule has 0 aliphatic heterocycles. The summed E-state index contributed by atoms with van der Waals surface area (Å²) < 4.78 is 5.41. The Morgan fingerprint density at radius 3 is 2.33 bits per heavy atom. The summed E-state index contributed by atoms with van der Waals surface area (Å²) in [5.74, 6) is -0.186. The van der Waals surface area contributed by atoms with Crippen molar-refractivity contribution in [2.24, 2.45) is 0 Å². The third-order valence-electron chi connectivity index (χ3n) is 2.81. The minimum atomic E-state index is -0.686. The maximum Gasteiger partial charge on any atom is 0.334 e. The zero-order valence-electron chi connectivity index (χ0n) is 11.0. The van der Waals surface area contributed by atoms with Crippen molar-refractivity contribution in [3.63, 3.8) is 0 Å². The van der Waals surface area contributed by atoms with Gasteiger partial charge in [0, 0.05) is 6.07 Å². The van der Waals surface area contributed by atoms with Gasteiger partial charge in [0.15, 0.2) is 0 Å². The highest BCUT2D eigenvalue weighted by Gasteiger charge is 2.24. The molecule has 8 heteroatoms. The van der Waals surface area contributed by atoms with Crippen molar-refractivity contribution in [3.8, 4) is 11.5 Å². The van der Waals surface area contributed by atoms with Crippen molar-refractivity contribution < 1.29 is 14.6 Å². The normalized spacial score (nSPS) is 10.1. The lowest BCUT2D eigenvalue weighted by atomic mass is 10.2. The lowest BCUT2D eigenvalue weighted by Gasteiger charge is -2.10. The van der Waals surface area contributed by atoms with Crippen LogP contribution in [0.4, 0.5) is 17.1 Å². The standard InChI is InChI=1S/C13H11N3O5/c1-8-4-2-6-10(15(17)18)13(8)21-11-7-3-5-9(14)12(11)16(19)20/h2-7H,14H2,1H3. The predicted octanol–water partition coefficient (Wildman–Crippen LogP) is 3.19. The Bertz CT molecular complexity index is 730. The number of anilines is 1. The van der Waals surface area contributed by atoms with E-state index in [1.54, 1.807) is 13.0 Å². The molecule has 0 saturated carbocycles. The number of nitro benzene ring substituents is 2. The van der Waals surface area contributed by atoms with Gasteiger partial charge in [-0.1, -0.05) is 18.2 Å². The Kier molecular flexibility index (Phi) is 3.70. The minimum absolute atomic E-state index is 0.0452. The molecule has 0 spiro atoms. The van der Waals surface area contributed by atoms with Crippen molar-refractivity contribution >= 4 is 17.1 Å². The van der Waals surface area contributed by atoms with Crippen LogP contribution in [-0.2, 0) is 0 Å². The third kappa shape index (κ3) is 2.73. The Balaban J connectivity index is 2.56. The molecule has 0 unspecified atom stereocenters. The highest BCUT2D eigenvalue weighted by Crippen LogP contribution is 2.40. The van der Waals surface area contributed by atoms with E-state index in [9.17, 15) is 20.2 Å². The smallest absolute Gasteiger partial charge is 0.334 e. The van der Waals surface area contributed by atoms with Gasteiger partial charge in [0.05, 0.1) is 9.85 Å². The number of rotatable bonds is 4. The molecule has 0 aliphatic carbocycles. The van der Waals surface area contributed by atoms with Crippen molar-refractivity contribution in [1.29, 1.82) is 0 Å². The Labute approximate surface area is 119 Å². The van der Waals surface area contributed by atoms with Gasteiger partial charge in [-0.15, -0.1) is 0 Å². The zero-order chi connectivity index (χ0) is 15.6. The van der Waals surface area contributed by atoms with E-state index in [-0.39, 0.29) is 22.9 Å². The topological polar surface area (TPSA) is 122 Å². The summed E-state index contributed by atoms with van der Waals surface area (Å²) in [5, 5.41) is 22.1. The van der Waals surface area contributed by atoms with E-state index >= 15 is 0 Å². The van der Waals surface area contributed by atoms with E-state index in [1.807, 2.05) is 0 Å². The van der Waals surface area contributed by atoms with E-state index in [4.69, 9.17) is 10.5 Å². The molecule has 0 aromatic heterocycles. The Morgan fingerprint density at radius 2 is 1.71 bits per heavy atom. The lowest BCUT2D eigenvalue weighted by molar-refractivity contribution is -0.387. The monoisotopic (exact) mass is 289 g/mol. The van der Waals surface area contributed by atoms with Crippen LogP contribution in [0, 0.1) is 27.2 Å². The van der Waals surface area contributed by atoms with Crippen LogP contribution >= 0.6 is 0 Å². The molecule has 2 aromatic carbocycles. The van der Waals surface area contributed by atoms with Gasteiger partial charge < -0.3 is 10.5 Å². The van der Waals surface area contributed by atoms with Crippen LogP contribution in [0.5, 0.6) is 11.5 Å². The molecule has 21 heavy (non-hydrogen) atoms. The molecule has 0 radical (unpaired) electrons. The van der Waals surface area contributed by atoms with Crippen LogP contribution < -0.4 is 10.5 Å². The second kappa shape index (κ2) is 5.45. The maximum atomic E-state index is 11.0. The molecule has 2 aromatic rings. The highest BCUT2D eigenvalue weighted by atomic mass is 16.6. The number of para-hydroxylation sites is 2. The molecule has 0 bridgehead atoms. The fourth-order valence-corrected chi connectivity index (χ4v) is 1.84. The van der Waals surface area contributed by atoms with Crippen LogP contribution in [0.1, 0.15) is 5.56 Å². The number of hydrogen-bond donors (Lipinski definition) is 1. The number of nitrogens with zero attached hydrogens (tertiary/aromatic N) is 2. The van der Waals surface area contributed by atoms with E-state index in [0.717, 1.165) is 0 Å². The van der Waals surface area contributed by atoms with E-state index in [2.05, 4.69) is 0 Å². The molecule has 8 nitrogen and oxygen atoms in total. The lowest BCUT2D eigenvalue weighted by Crippen LogP contribution is -2.00. The summed E-state index contributed by atoms with van der Waals surface area (Å²) in [5.41, 5.74) is 5.28. The summed E-state index contributed by atoms with van der Waals surface area (Å²) in [6, 6.07) is 8.55. The first kappa shape index (κ1) is 14.3. The van der Waals surface area contributed by atoms with Gasteiger partial charge in [-0.2, -0.15) is 0 Å². The van der Waals surface area contributed by atoms with Gasteiger partial charge in [0.1, 0.15) is 5.69 Å². The quantitative estimate of drug-likeness (QED) is 0.524. The molecule has 0 atom stereocenters. The molecular formula is C13H11N3O5. The van der Waals surface area contributed by atoms with E-state index in [0.29, 0.717) is 5.56 Å². The van der Waals surface area contributed by atoms with Crippen LogP contribution in [0.25, 0.3) is 0 Å². The molecule has 0 aliphatic rings. The molecule has 108 valence electrons. The second-order valence-corrected chi connectivity index (χ2v) is 4.23. The summed E-state index contributed by atoms with van der Waals surface area (Å²) >= 11 is 0. The fourth-order valence-electron chi connectivity index (χ4n) is 1.84. The van der Waals surface area contributed by atoms with Gasteiger partial charge in [-0.25, -0.2) is 0 Å². The fraction of sp³-hybridized carbons (Fsp3) is 0.0769. The number of benzene rings is 2. The number of nitro groups is 2. The van der Waals surface area contributed by atoms with Crippen molar-refractivity contribution in [2.45, 2.75) is 6.92 Å². The Hall–Kier alpha value is -3.16. The van der Waals surface area contributed by atoms with Gasteiger partial charge in [-0.05, 0) is 24.6 Å². The first-order valence-corrected chi connectivity index (χ1v) is 5.86. The molecule has 2 N–H and O–H groups in total.